The number of benzene rings is 5. The smallest absolute Gasteiger partial charge is 0.164 e. The minimum Gasteiger partial charge on any atom is -0.309 e. The van der Waals surface area contributed by atoms with E-state index in [0.717, 1.165) is 55.3 Å². The van der Waals surface area contributed by atoms with Crippen LogP contribution in [-0.4, -0.2) is 24.5 Å². The summed E-state index contributed by atoms with van der Waals surface area (Å²) in [6.07, 6.45) is 3.63. The first-order chi connectivity index (χ1) is 22.3. The first kappa shape index (κ1) is 26.2. The highest BCUT2D eigenvalue weighted by Crippen LogP contribution is 2.37. The third kappa shape index (κ3) is 4.69. The summed E-state index contributed by atoms with van der Waals surface area (Å²) in [6, 6.07) is 46.7. The molecule has 0 saturated heterocycles. The Morgan fingerprint density at radius 1 is 0.511 bits per heavy atom. The van der Waals surface area contributed by atoms with E-state index in [9.17, 15) is 5.26 Å². The molecule has 0 aliphatic heterocycles. The zero-order valence-electron chi connectivity index (χ0n) is 24.0. The van der Waals surface area contributed by atoms with Crippen LogP contribution in [0.3, 0.4) is 0 Å². The van der Waals surface area contributed by atoms with Gasteiger partial charge in [-0.05, 0) is 42.0 Å². The molecule has 0 spiro atoms. The fraction of sp³-hybridized carbons (Fsp3) is 0. The van der Waals surface area contributed by atoms with Gasteiger partial charge in [-0.3, -0.25) is 4.98 Å². The molecule has 3 heterocycles. The van der Waals surface area contributed by atoms with Gasteiger partial charge in [-0.15, -0.1) is 0 Å². The summed E-state index contributed by atoms with van der Waals surface area (Å²) in [4.78, 5) is 19.4. The second-order valence-electron chi connectivity index (χ2n) is 10.7. The SMILES string of the molecule is N#Cc1ccc2c3ccccc3n(-c3ccc(-c4cccnc4)c(-c4nc(-c5ccccc5)nc(-c5ccccc5)n4)c3)c2c1. The Morgan fingerprint density at radius 2 is 1.16 bits per heavy atom. The van der Waals surface area contributed by atoms with Crippen LogP contribution in [0.4, 0.5) is 0 Å². The molecule has 0 aliphatic rings. The van der Waals surface area contributed by atoms with E-state index < -0.39 is 0 Å². The van der Waals surface area contributed by atoms with Crippen LogP contribution < -0.4 is 0 Å². The van der Waals surface area contributed by atoms with E-state index in [0.29, 0.717) is 23.0 Å². The fourth-order valence-electron chi connectivity index (χ4n) is 5.88. The van der Waals surface area contributed by atoms with Gasteiger partial charge in [0.25, 0.3) is 0 Å². The molecule has 0 N–H and O–H groups in total. The number of aromatic nitrogens is 5. The molecule has 6 nitrogen and oxygen atoms in total. The summed E-state index contributed by atoms with van der Waals surface area (Å²) in [5.74, 6) is 1.75. The molecule has 6 heteroatoms. The Labute approximate surface area is 259 Å². The Morgan fingerprint density at radius 3 is 1.84 bits per heavy atom. The monoisotopic (exact) mass is 576 g/mol. The van der Waals surface area contributed by atoms with Crippen molar-refractivity contribution < 1.29 is 0 Å². The van der Waals surface area contributed by atoms with Crippen LogP contribution >= 0.6 is 0 Å². The number of pyridine rings is 1. The average Bonchev–Trinajstić information content (AvgIpc) is 3.46. The summed E-state index contributed by atoms with van der Waals surface area (Å²) in [5, 5.41) is 11.9. The van der Waals surface area contributed by atoms with Crippen molar-refractivity contribution in [2.75, 3.05) is 0 Å². The first-order valence-corrected chi connectivity index (χ1v) is 14.6. The maximum absolute atomic E-state index is 9.74. The highest BCUT2D eigenvalue weighted by atomic mass is 15.0. The Balaban J connectivity index is 1.43. The van der Waals surface area contributed by atoms with Crippen molar-refractivity contribution in [3.8, 4) is 57.0 Å². The average molecular weight is 577 g/mol. The maximum atomic E-state index is 9.74. The van der Waals surface area contributed by atoms with Crippen LogP contribution in [0.2, 0.25) is 0 Å². The van der Waals surface area contributed by atoms with Gasteiger partial charge in [0.15, 0.2) is 17.5 Å². The molecule has 0 saturated carbocycles. The lowest BCUT2D eigenvalue weighted by atomic mass is 9.99. The second kappa shape index (κ2) is 11.0. The topological polar surface area (TPSA) is 80.3 Å². The minimum atomic E-state index is 0.557. The normalized spacial score (nSPS) is 11.1. The molecule has 8 aromatic rings. The highest BCUT2D eigenvalue weighted by molar-refractivity contribution is 6.09. The number of para-hydroxylation sites is 1. The molecule has 5 aromatic carbocycles. The van der Waals surface area contributed by atoms with Crippen molar-refractivity contribution in [2.24, 2.45) is 0 Å². The summed E-state index contributed by atoms with van der Waals surface area (Å²) in [7, 11) is 0. The highest BCUT2D eigenvalue weighted by Gasteiger charge is 2.19. The van der Waals surface area contributed by atoms with E-state index in [1.54, 1.807) is 6.20 Å². The molecule has 8 rings (SSSR count). The van der Waals surface area contributed by atoms with Gasteiger partial charge in [0.1, 0.15) is 0 Å². The maximum Gasteiger partial charge on any atom is 0.164 e. The molecule has 210 valence electrons. The van der Waals surface area contributed by atoms with Gasteiger partial charge in [-0.25, -0.2) is 15.0 Å². The van der Waals surface area contributed by atoms with Crippen molar-refractivity contribution in [1.29, 1.82) is 5.26 Å². The standard InChI is InChI=1S/C39H24N6/c40-24-26-17-19-33-32-15-7-8-16-35(32)45(36(33)22-26)30-18-20-31(29-14-9-21-41-25-29)34(23-30)39-43-37(27-10-3-1-4-11-27)42-38(44-39)28-12-5-2-6-13-28/h1-23,25H. The Kier molecular flexibility index (Phi) is 6.40. The molecule has 0 bridgehead atoms. The second-order valence-corrected chi connectivity index (χ2v) is 10.7. The van der Waals surface area contributed by atoms with Crippen LogP contribution in [0, 0.1) is 11.3 Å². The van der Waals surface area contributed by atoms with Crippen molar-refractivity contribution in [3.05, 3.63) is 151 Å². The van der Waals surface area contributed by atoms with Crippen LogP contribution in [-0.2, 0) is 0 Å². The number of fused-ring (bicyclic) bond motifs is 3. The Bertz CT molecular complexity index is 2320. The molecular weight excluding hydrogens is 552 g/mol. The predicted molar refractivity (Wildman–Crippen MR) is 178 cm³/mol. The van der Waals surface area contributed by atoms with E-state index in [2.05, 4.69) is 46.0 Å². The van der Waals surface area contributed by atoms with Gasteiger partial charge < -0.3 is 4.57 Å². The zero-order chi connectivity index (χ0) is 30.2. The van der Waals surface area contributed by atoms with Crippen molar-refractivity contribution in [3.63, 3.8) is 0 Å². The summed E-state index contributed by atoms with van der Waals surface area (Å²) < 4.78 is 2.21. The van der Waals surface area contributed by atoms with Crippen LogP contribution in [0.1, 0.15) is 5.56 Å². The number of nitrogens with zero attached hydrogens (tertiary/aromatic N) is 6. The fourth-order valence-corrected chi connectivity index (χ4v) is 5.88. The van der Waals surface area contributed by atoms with Gasteiger partial charge in [-0.2, -0.15) is 5.26 Å². The molecule has 45 heavy (non-hydrogen) atoms. The number of nitriles is 1. The largest absolute Gasteiger partial charge is 0.309 e. The summed E-state index contributed by atoms with van der Waals surface area (Å²) >= 11 is 0. The van der Waals surface area contributed by atoms with Crippen molar-refractivity contribution >= 4 is 21.8 Å². The molecule has 3 aromatic heterocycles. The van der Waals surface area contributed by atoms with E-state index in [1.165, 1.54) is 0 Å². The number of rotatable bonds is 5. The van der Waals surface area contributed by atoms with E-state index >= 15 is 0 Å². The molecule has 0 radical (unpaired) electrons. The summed E-state index contributed by atoms with van der Waals surface area (Å²) in [5.41, 5.74) is 8.12. The number of hydrogen-bond acceptors (Lipinski definition) is 5. The molecular formula is C39H24N6. The van der Waals surface area contributed by atoms with Crippen LogP contribution in [0.15, 0.2) is 146 Å². The quantitative estimate of drug-likeness (QED) is 0.204. The van der Waals surface area contributed by atoms with E-state index in [4.69, 9.17) is 15.0 Å². The molecule has 0 fully saturated rings. The first-order valence-electron chi connectivity index (χ1n) is 14.6. The molecule has 0 atom stereocenters. The lowest BCUT2D eigenvalue weighted by Gasteiger charge is -2.15. The van der Waals surface area contributed by atoms with Crippen molar-refractivity contribution in [1.82, 2.24) is 24.5 Å². The molecule has 0 amide bonds. The molecule has 0 unspecified atom stereocenters. The predicted octanol–water partition coefficient (Wildman–Crippen LogP) is 8.90. The van der Waals surface area contributed by atoms with Gasteiger partial charge >= 0.3 is 0 Å². The summed E-state index contributed by atoms with van der Waals surface area (Å²) in [6.45, 7) is 0. The minimum absolute atomic E-state index is 0.557. The van der Waals surface area contributed by atoms with Gasteiger partial charge in [0.2, 0.25) is 0 Å². The van der Waals surface area contributed by atoms with Crippen LogP contribution in [0.5, 0.6) is 0 Å². The third-order valence-electron chi connectivity index (χ3n) is 7.98. The van der Waals surface area contributed by atoms with E-state index in [1.807, 2.05) is 109 Å². The van der Waals surface area contributed by atoms with E-state index in [-0.39, 0.29) is 0 Å². The van der Waals surface area contributed by atoms with Gasteiger partial charge in [0, 0.05) is 51.1 Å². The Hall–Kier alpha value is -6.45. The lowest BCUT2D eigenvalue weighted by molar-refractivity contribution is 1.07. The molecule has 0 aliphatic carbocycles. The zero-order valence-corrected chi connectivity index (χ0v) is 24.0. The van der Waals surface area contributed by atoms with Gasteiger partial charge in [0.05, 0.1) is 22.7 Å². The number of hydrogen-bond donors (Lipinski definition) is 0. The lowest BCUT2D eigenvalue weighted by Crippen LogP contribution is -2.02. The van der Waals surface area contributed by atoms with Crippen molar-refractivity contribution in [2.45, 2.75) is 0 Å². The third-order valence-corrected chi connectivity index (χ3v) is 7.98. The van der Waals surface area contributed by atoms with Crippen LogP contribution in [0.25, 0.3) is 72.8 Å². The van der Waals surface area contributed by atoms with Gasteiger partial charge in [-0.1, -0.05) is 97.1 Å².